The first-order valence-electron chi connectivity index (χ1n) is 42.4. The van der Waals surface area contributed by atoms with Gasteiger partial charge in [-0.15, -0.1) is 0 Å². The van der Waals surface area contributed by atoms with Gasteiger partial charge in [0.1, 0.15) is 72.5 Å². The standard InChI is InChI=1S/C78H141N35O14/c1-38(2)54(66(121)105-49(25-16-32-97-75(86)87)61(116)107-52(71(126)127)28-19-35-100-78(92)93)111-65(120)53(36-43-37-101-46-22-12-11-20-44(43)46)108-62(117)47(23-14-30-95-73(82)83)103-60(115)48(24-15-31-96-74(84)85)104-67(122)55(39(3)4)112-70(125)58(42(9)10)110-64(119)51(27-18-34-99-77(90)91)106-68(123)56(40(5)6)113-69(124)57(41(7)8)109-63(118)50(26-17-33-98-76(88)89)102-59(114)45(79)21-13-29-94-72(80)81/h11-12,20,22,37-42,45,47-58,101H,13-19,21,23-36,79H2,1-10H3,(H,102,114)(H,103,115)(H,104,122)(H,105,121)(H,106,123)(H,107,116)(H,108,117)(H,109,118)(H,110,119)(H,111,120)(H,112,125)(H,113,124)(H,126,127)(H4,80,81,94)(H4,82,83,95)(H4,84,85,96)(H4,86,87,97)(H4,88,89,98)(H4,90,91,99)(H4,92,93,100)/t45-,47-,48-,49-,50-,51-,52-,53-,54-,55-,56-,57-,58-/m0/s1. The van der Waals surface area contributed by atoms with Crippen LogP contribution in [0.3, 0.4) is 0 Å². The molecule has 0 saturated heterocycles. The molecule has 2 aromatic rings. The normalized spacial score (nSPS) is 14.2. The molecule has 44 N–H and O–H groups in total. The number of aliphatic carboxylic acids is 1. The third kappa shape index (κ3) is 42.8. The van der Waals surface area contributed by atoms with Crippen LogP contribution in [0, 0.1) is 67.5 Å². The number of rotatable bonds is 60. The van der Waals surface area contributed by atoms with Gasteiger partial charge in [-0.2, -0.15) is 0 Å². The number of carboxylic acids is 1. The summed E-state index contributed by atoms with van der Waals surface area (Å²) in [6, 6.07) is -11.4. The van der Waals surface area contributed by atoms with Crippen LogP contribution in [0.2, 0.25) is 0 Å². The van der Waals surface area contributed by atoms with Gasteiger partial charge in [0.15, 0.2) is 41.7 Å². The lowest BCUT2D eigenvalue weighted by atomic mass is 9.97. The average Bonchev–Trinajstić information content (AvgIpc) is 1.70. The van der Waals surface area contributed by atoms with E-state index in [1.165, 1.54) is 0 Å². The summed E-state index contributed by atoms with van der Waals surface area (Å²) in [7, 11) is 0. The minimum absolute atomic E-state index is 0.00429. The van der Waals surface area contributed by atoms with Gasteiger partial charge in [-0.05, 0) is 131 Å². The molecular formula is C78H141N35O14. The first-order valence-corrected chi connectivity index (χ1v) is 42.4. The first kappa shape index (κ1) is 110. The Morgan fingerprint density at radius 2 is 0.512 bits per heavy atom. The van der Waals surface area contributed by atoms with Crippen molar-refractivity contribution in [2.75, 3.05) is 45.8 Å². The molecule has 0 radical (unpaired) electrons. The number of nitrogens with two attached hydrogens (primary N) is 8. The molecule has 1 aromatic carbocycles. The number of hydrogen-bond acceptors (Lipinski definition) is 21. The SMILES string of the molecule is CC(C)[C@H](NC(=O)[C@H](Cc1c[nH]c2ccccc12)NC(=O)[C@H](CCCNC(=N)N)NC(=O)[C@H](CCCNC(=N)N)NC(=O)[C@@H](NC(=O)[C@@H](NC(=O)[C@H](CCCNC(=N)N)NC(=O)[C@@H](NC(=O)[C@@H](NC(=O)[C@H](CCCNC(=N)N)NC(=O)[C@@H](N)CCCNC(=N)N)C(C)C)C(C)C)C(C)C)C(C)C)C(=O)N[C@@H](CCCNC(=N)N)C(=O)N[C@@H](CCCNC(=N)N)C(=O)O. The molecule has 13 atom stereocenters. The number of carbonyl (C=O) groups excluding carboxylic acids is 12. The zero-order valence-corrected chi connectivity index (χ0v) is 74.2. The molecule has 0 aliphatic rings. The summed E-state index contributed by atoms with van der Waals surface area (Å²) >= 11 is 0. The molecule has 49 heteroatoms. The van der Waals surface area contributed by atoms with Gasteiger partial charge >= 0.3 is 5.97 Å². The minimum Gasteiger partial charge on any atom is -0.480 e. The van der Waals surface area contributed by atoms with E-state index in [0.29, 0.717) is 22.9 Å². The van der Waals surface area contributed by atoms with Crippen molar-refractivity contribution in [3.8, 4) is 0 Å². The van der Waals surface area contributed by atoms with E-state index in [1.54, 1.807) is 99.7 Å². The second-order valence-corrected chi connectivity index (χ2v) is 32.5. The average molecular weight is 1790 g/mol. The molecule has 1 heterocycles. The van der Waals surface area contributed by atoms with Crippen LogP contribution < -0.4 is 147 Å². The van der Waals surface area contributed by atoms with Gasteiger partial charge in [0.2, 0.25) is 70.9 Å². The predicted octanol–water partition coefficient (Wildman–Crippen LogP) is -6.94. The van der Waals surface area contributed by atoms with Crippen molar-refractivity contribution in [1.29, 1.82) is 37.9 Å². The molecule has 2 rings (SSSR count). The minimum atomic E-state index is -1.56. The van der Waals surface area contributed by atoms with Crippen molar-refractivity contribution in [2.45, 2.75) is 244 Å². The van der Waals surface area contributed by atoms with Crippen molar-refractivity contribution in [2.24, 2.45) is 75.5 Å². The maximum atomic E-state index is 15.2. The molecule has 0 aliphatic carbocycles. The van der Waals surface area contributed by atoms with E-state index < -0.39 is 203 Å². The monoisotopic (exact) mass is 1790 g/mol. The third-order valence-corrected chi connectivity index (χ3v) is 20.0. The molecular weight excluding hydrogens is 1650 g/mol. The molecule has 0 spiro atoms. The number of benzene rings is 1. The fourth-order valence-corrected chi connectivity index (χ4v) is 13.0. The van der Waals surface area contributed by atoms with E-state index in [4.69, 9.17) is 83.7 Å². The van der Waals surface area contributed by atoms with Gasteiger partial charge in [-0.3, -0.25) is 95.4 Å². The number of carbonyl (C=O) groups is 13. The van der Waals surface area contributed by atoms with E-state index in [-0.39, 0.29) is 160 Å². The van der Waals surface area contributed by atoms with Crippen LogP contribution in [0.4, 0.5) is 0 Å². The van der Waals surface area contributed by atoms with Gasteiger partial charge in [0.25, 0.3) is 0 Å². The van der Waals surface area contributed by atoms with Crippen molar-refractivity contribution in [3.05, 3.63) is 36.0 Å². The quantitative estimate of drug-likeness (QED) is 0.0166. The number of fused-ring (bicyclic) bond motifs is 1. The summed E-state index contributed by atoms with van der Waals surface area (Å²) in [4.78, 5) is 190. The van der Waals surface area contributed by atoms with Crippen LogP contribution in [0.1, 0.15) is 165 Å². The molecule has 12 amide bonds. The predicted molar refractivity (Wildman–Crippen MR) is 479 cm³/mol. The molecule has 0 saturated carbocycles. The topological polar surface area (TPSA) is 862 Å². The number of aromatic amines is 1. The van der Waals surface area contributed by atoms with Gasteiger partial charge in [0, 0.05) is 69.3 Å². The summed E-state index contributed by atoms with van der Waals surface area (Å²) in [6.45, 7) is 16.6. The van der Waals surface area contributed by atoms with Crippen LogP contribution in [0.15, 0.2) is 30.5 Å². The van der Waals surface area contributed by atoms with E-state index >= 15 is 14.4 Å². The van der Waals surface area contributed by atoms with Crippen LogP contribution >= 0.6 is 0 Å². The van der Waals surface area contributed by atoms with Crippen LogP contribution in [-0.4, -0.2) is 253 Å². The Labute approximate surface area is 739 Å². The highest BCUT2D eigenvalue weighted by Gasteiger charge is 2.40. The maximum Gasteiger partial charge on any atom is 0.326 e. The first-order chi connectivity index (χ1) is 59.6. The summed E-state index contributed by atoms with van der Waals surface area (Å²) in [5.41, 5.74) is 45.8. The van der Waals surface area contributed by atoms with E-state index in [2.05, 4.69) is 106 Å². The summed E-state index contributed by atoms with van der Waals surface area (Å²) < 4.78 is 0. The van der Waals surface area contributed by atoms with Gasteiger partial charge in [-0.1, -0.05) is 87.4 Å². The maximum absolute atomic E-state index is 15.2. The number of aromatic nitrogens is 1. The van der Waals surface area contributed by atoms with Crippen molar-refractivity contribution >= 4 is 129 Å². The fraction of sp³-hybridized carbons (Fsp3) is 0.641. The fourth-order valence-electron chi connectivity index (χ4n) is 13.0. The number of carboxylic acid groups (broad SMARTS) is 1. The molecule has 1 aromatic heterocycles. The Balaban J connectivity index is 2.67. The Kier molecular flexibility index (Phi) is 49.5. The van der Waals surface area contributed by atoms with Crippen molar-refractivity contribution in [3.63, 3.8) is 0 Å². The molecule has 127 heavy (non-hydrogen) atoms. The Bertz CT molecular complexity index is 4050. The van der Waals surface area contributed by atoms with Crippen molar-refractivity contribution in [1.82, 2.24) is 106 Å². The number of amides is 12. The lowest BCUT2D eigenvalue weighted by Gasteiger charge is -2.31. The lowest BCUT2D eigenvalue weighted by Crippen LogP contribution is -2.62. The Morgan fingerprint density at radius 1 is 0.299 bits per heavy atom. The Hall–Kier alpha value is -13.3. The second kappa shape index (κ2) is 57.3. The largest absolute Gasteiger partial charge is 0.480 e. The summed E-state index contributed by atoms with van der Waals surface area (Å²) in [6.07, 6.45) is 1.70. The number of guanidine groups is 7. The molecule has 49 nitrogen and oxygen atoms in total. The number of nitrogens with one attached hydrogen (secondary N) is 27. The van der Waals surface area contributed by atoms with E-state index in [0.717, 1.165) is 0 Å². The highest BCUT2D eigenvalue weighted by atomic mass is 16.4. The molecule has 0 fully saturated rings. The van der Waals surface area contributed by atoms with Crippen LogP contribution in [-0.2, 0) is 68.7 Å². The zero-order valence-electron chi connectivity index (χ0n) is 74.2. The van der Waals surface area contributed by atoms with Crippen molar-refractivity contribution < 1.29 is 67.4 Å². The Morgan fingerprint density at radius 3 is 0.787 bits per heavy atom. The molecule has 0 bridgehead atoms. The van der Waals surface area contributed by atoms with E-state index in [9.17, 15) is 53.1 Å². The van der Waals surface area contributed by atoms with Crippen LogP contribution in [0.25, 0.3) is 10.9 Å². The highest BCUT2D eigenvalue weighted by Crippen LogP contribution is 2.21. The molecule has 712 valence electrons. The number of H-pyrrole nitrogens is 1. The van der Waals surface area contributed by atoms with Gasteiger partial charge in [-0.25, -0.2) is 4.79 Å². The zero-order chi connectivity index (χ0) is 95.9. The smallest absolute Gasteiger partial charge is 0.326 e. The lowest BCUT2D eigenvalue weighted by molar-refractivity contribution is -0.142. The summed E-state index contributed by atoms with van der Waals surface area (Å²) in [5, 5.41) is 114. The third-order valence-electron chi connectivity index (χ3n) is 20.0. The number of para-hydroxylation sites is 1. The van der Waals surface area contributed by atoms with Crippen LogP contribution in [0.5, 0.6) is 0 Å². The highest BCUT2D eigenvalue weighted by molar-refractivity contribution is 6.01. The second-order valence-electron chi connectivity index (χ2n) is 32.5. The molecule has 0 aliphatic heterocycles. The van der Waals surface area contributed by atoms with Gasteiger partial charge < -0.3 is 157 Å². The molecule has 0 unspecified atom stereocenters. The summed E-state index contributed by atoms with van der Waals surface area (Å²) in [5.74, 6) is -18.1. The van der Waals surface area contributed by atoms with Gasteiger partial charge in [0.05, 0.1) is 6.04 Å². The number of hydrogen-bond donors (Lipinski definition) is 36. The van der Waals surface area contributed by atoms with E-state index in [1.807, 2.05) is 0 Å².